The van der Waals surface area contributed by atoms with Crippen molar-refractivity contribution in [2.45, 2.75) is 6.54 Å². The van der Waals surface area contributed by atoms with E-state index in [-0.39, 0.29) is 6.54 Å². The lowest BCUT2D eigenvalue weighted by Gasteiger charge is -2.08. The summed E-state index contributed by atoms with van der Waals surface area (Å²) in [5.74, 6) is 1.16. The van der Waals surface area contributed by atoms with E-state index in [9.17, 15) is 9.59 Å². The van der Waals surface area contributed by atoms with Crippen molar-refractivity contribution in [2.24, 2.45) is 0 Å². The van der Waals surface area contributed by atoms with Crippen LogP contribution in [0.15, 0.2) is 84.9 Å². The van der Waals surface area contributed by atoms with Crippen LogP contribution in [0.2, 0.25) is 0 Å². The Balaban J connectivity index is 1.27. The van der Waals surface area contributed by atoms with Crippen molar-refractivity contribution in [3.05, 3.63) is 84.9 Å². The third-order valence-electron chi connectivity index (χ3n) is 4.11. The van der Waals surface area contributed by atoms with Gasteiger partial charge in [-0.3, -0.25) is 10.1 Å². The number of carbonyl (C=O) groups excluding carboxylic acids is 2. The van der Waals surface area contributed by atoms with E-state index < -0.39 is 11.9 Å². The highest BCUT2D eigenvalue weighted by Crippen LogP contribution is 2.22. The molecule has 0 saturated carbocycles. The molecule has 0 bridgehead atoms. The van der Waals surface area contributed by atoms with Gasteiger partial charge >= 0.3 is 6.03 Å². The van der Waals surface area contributed by atoms with Crippen LogP contribution in [0.4, 0.5) is 10.5 Å². The molecule has 9 heteroatoms. The number of carbonyl (C=O) groups is 2. The van der Waals surface area contributed by atoms with Gasteiger partial charge in [-0.1, -0.05) is 48.5 Å². The van der Waals surface area contributed by atoms with Crippen molar-refractivity contribution in [1.82, 2.24) is 25.5 Å². The van der Waals surface area contributed by atoms with E-state index >= 15 is 0 Å². The van der Waals surface area contributed by atoms with Gasteiger partial charge in [0.1, 0.15) is 18.0 Å². The van der Waals surface area contributed by atoms with Crippen LogP contribution in [0, 0.1) is 0 Å². The number of rotatable bonds is 6. The van der Waals surface area contributed by atoms with Gasteiger partial charge in [0, 0.05) is 11.3 Å². The largest absolute Gasteiger partial charge is 0.457 e. The van der Waals surface area contributed by atoms with Crippen LogP contribution in [0.1, 0.15) is 0 Å². The first-order chi connectivity index (χ1) is 15.2. The summed E-state index contributed by atoms with van der Waals surface area (Å²) in [6.45, 7) is -0.239. The fourth-order valence-electron chi connectivity index (χ4n) is 2.70. The van der Waals surface area contributed by atoms with Gasteiger partial charge in [-0.25, -0.2) is 4.79 Å². The Morgan fingerprint density at radius 1 is 0.839 bits per heavy atom. The first-order valence-electron chi connectivity index (χ1n) is 9.43. The maximum Gasteiger partial charge on any atom is 0.325 e. The zero-order valence-electron chi connectivity index (χ0n) is 16.3. The van der Waals surface area contributed by atoms with Crippen molar-refractivity contribution in [2.75, 3.05) is 5.32 Å². The van der Waals surface area contributed by atoms with E-state index in [1.54, 1.807) is 24.3 Å². The number of ether oxygens (including phenoxy) is 1. The molecule has 4 rings (SSSR count). The molecule has 0 saturated heterocycles. The minimum Gasteiger partial charge on any atom is -0.457 e. The van der Waals surface area contributed by atoms with Gasteiger partial charge < -0.3 is 10.1 Å². The highest BCUT2D eigenvalue weighted by Gasteiger charge is 2.12. The number of urea groups is 1. The van der Waals surface area contributed by atoms with Crippen molar-refractivity contribution in [1.29, 1.82) is 0 Å². The Kier molecular flexibility index (Phi) is 5.94. The smallest absolute Gasteiger partial charge is 0.325 e. The zero-order valence-corrected chi connectivity index (χ0v) is 16.3. The fraction of sp³-hybridized carbons (Fsp3) is 0.0455. The van der Waals surface area contributed by atoms with E-state index in [4.69, 9.17) is 4.74 Å². The molecule has 9 nitrogen and oxygen atoms in total. The van der Waals surface area contributed by atoms with E-state index in [0.717, 1.165) is 10.4 Å². The van der Waals surface area contributed by atoms with Gasteiger partial charge in [0.15, 0.2) is 0 Å². The second-order valence-corrected chi connectivity index (χ2v) is 6.45. The van der Waals surface area contributed by atoms with Crippen LogP contribution < -0.4 is 15.4 Å². The number of tetrazole rings is 1. The number of benzene rings is 3. The Hall–Kier alpha value is -4.53. The third-order valence-corrected chi connectivity index (χ3v) is 4.11. The summed E-state index contributed by atoms with van der Waals surface area (Å²) in [5.41, 5.74) is 1.29. The quantitative estimate of drug-likeness (QED) is 0.500. The fourth-order valence-corrected chi connectivity index (χ4v) is 2.70. The molecule has 0 radical (unpaired) electrons. The standard InChI is InChI=1S/C22H18N6O3/c29-20(15-28-26-21(25-27-28)16-7-3-1-4-8-16)24-22(30)23-17-11-13-19(14-12-17)31-18-9-5-2-6-10-18/h1-14H,15H2,(H2,23,24,29,30). The van der Waals surface area contributed by atoms with Crippen LogP contribution >= 0.6 is 0 Å². The van der Waals surface area contributed by atoms with E-state index in [0.29, 0.717) is 23.0 Å². The van der Waals surface area contributed by atoms with Gasteiger partial charge in [0.25, 0.3) is 5.91 Å². The summed E-state index contributed by atoms with van der Waals surface area (Å²) < 4.78 is 5.70. The maximum atomic E-state index is 12.1. The van der Waals surface area contributed by atoms with E-state index in [1.807, 2.05) is 60.7 Å². The zero-order chi connectivity index (χ0) is 21.5. The monoisotopic (exact) mass is 414 g/mol. The highest BCUT2D eigenvalue weighted by atomic mass is 16.5. The first-order valence-corrected chi connectivity index (χ1v) is 9.43. The molecule has 1 heterocycles. The van der Waals surface area contributed by atoms with Gasteiger partial charge in [0.2, 0.25) is 5.82 Å². The SMILES string of the molecule is O=C(Cn1nnc(-c2ccccc2)n1)NC(=O)Nc1ccc(Oc2ccccc2)cc1. The van der Waals surface area contributed by atoms with Gasteiger partial charge in [-0.2, -0.15) is 4.80 Å². The molecular formula is C22H18N6O3. The minimum atomic E-state index is -0.662. The Labute approximate surface area is 177 Å². The molecule has 0 aliphatic heterocycles. The molecule has 0 atom stereocenters. The topological polar surface area (TPSA) is 111 Å². The van der Waals surface area contributed by atoms with E-state index in [2.05, 4.69) is 26.0 Å². The summed E-state index contributed by atoms with van der Waals surface area (Å²) in [6.07, 6.45) is 0. The molecule has 1 aromatic heterocycles. The average Bonchev–Trinajstić information content (AvgIpc) is 3.25. The van der Waals surface area contributed by atoms with Crippen LogP contribution in [0.5, 0.6) is 11.5 Å². The second kappa shape index (κ2) is 9.31. The minimum absolute atomic E-state index is 0.239. The highest BCUT2D eigenvalue weighted by molar-refractivity contribution is 6.01. The van der Waals surface area contributed by atoms with Gasteiger partial charge in [-0.15, -0.1) is 10.2 Å². The average molecular weight is 414 g/mol. The Morgan fingerprint density at radius 3 is 2.19 bits per heavy atom. The number of nitrogens with zero attached hydrogens (tertiary/aromatic N) is 4. The molecular weight excluding hydrogens is 396 g/mol. The molecule has 0 spiro atoms. The van der Waals surface area contributed by atoms with Crippen LogP contribution in [-0.2, 0) is 11.3 Å². The summed E-state index contributed by atoms with van der Waals surface area (Å²) in [5, 5.41) is 16.7. The predicted octanol–water partition coefficient (Wildman–Crippen LogP) is 3.48. The van der Waals surface area contributed by atoms with Crippen molar-refractivity contribution in [3.8, 4) is 22.9 Å². The molecule has 154 valence electrons. The number of aromatic nitrogens is 4. The Bertz CT molecular complexity index is 1160. The van der Waals surface area contributed by atoms with Crippen molar-refractivity contribution < 1.29 is 14.3 Å². The molecule has 0 fully saturated rings. The number of hydrogen-bond acceptors (Lipinski definition) is 6. The Morgan fingerprint density at radius 2 is 1.48 bits per heavy atom. The maximum absolute atomic E-state index is 12.1. The number of imide groups is 1. The third kappa shape index (κ3) is 5.51. The number of nitrogens with one attached hydrogen (secondary N) is 2. The molecule has 0 unspecified atom stereocenters. The molecule has 2 N–H and O–H groups in total. The first kappa shape index (κ1) is 19.8. The summed E-state index contributed by atoms with van der Waals surface area (Å²) >= 11 is 0. The normalized spacial score (nSPS) is 10.3. The summed E-state index contributed by atoms with van der Waals surface area (Å²) in [4.78, 5) is 25.3. The van der Waals surface area contributed by atoms with Crippen LogP contribution in [0.25, 0.3) is 11.4 Å². The van der Waals surface area contributed by atoms with Crippen molar-refractivity contribution in [3.63, 3.8) is 0 Å². The predicted molar refractivity (Wildman–Crippen MR) is 113 cm³/mol. The van der Waals surface area contributed by atoms with Crippen LogP contribution in [0.3, 0.4) is 0 Å². The second-order valence-electron chi connectivity index (χ2n) is 6.45. The summed E-state index contributed by atoms with van der Waals surface area (Å²) in [6, 6.07) is 24.7. The molecule has 3 amide bonds. The lowest BCUT2D eigenvalue weighted by Crippen LogP contribution is -2.37. The molecule has 4 aromatic rings. The van der Waals surface area contributed by atoms with Gasteiger partial charge in [0.05, 0.1) is 0 Å². The lowest BCUT2D eigenvalue weighted by atomic mass is 10.2. The lowest BCUT2D eigenvalue weighted by molar-refractivity contribution is -0.120. The number of anilines is 1. The number of para-hydroxylation sites is 1. The molecule has 0 aliphatic carbocycles. The van der Waals surface area contributed by atoms with Gasteiger partial charge in [-0.05, 0) is 41.6 Å². The van der Waals surface area contributed by atoms with Crippen molar-refractivity contribution >= 4 is 17.6 Å². The molecule has 31 heavy (non-hydrogen) atoms. The number of hydrogen-bond donors (Lipinski definition) is 2. The van der Waals surface area contributed by atoms with E-state index in [1.165, 1.54) is 0 Å². The summed E-state index contributed by atoms with van der Waals surface area (Å²) in [7, 11) is 0. The molecule has 3 aromatic carbocycles. The molecule has 0 aliphatic rings. The van der Waals surface area contributed by atoms with Crippen LogP contribution in [-0.4, -0.2) is 32.1 Å². The number of amides is 3.